The number of halogens is 1. The number of benzene rings is 1. The van der Waals surface area contributed by atoms with Crippen molar-refractivity contribution in [2.24, 2.45) is 5.73 Å². The van der Waals surface area contributed by atoms with E-state index in [0.29, 0.717) is 5.56 Å². The first kappa shape index (κ1) is 10.9. The Morgan fingerprint density at radius 3 is 2.17 bits per heavy atom. The van der Waals surface area contributed by atoms with Crippen LogP contribution in [0.5, 0.6) is 0 Å². The lowest BCUT2D eigenvalue weighted by atomic mass is 10.1. The first-order chi connectivity index (χ1) is 5.24. The Morgan fingerprint density at radius 1 is 1.33 bits per heavy atom. The van der Waals surface area contributed by atoms with Gasteiger partial charge in [-0.2, -0.15) is 0 Å². The van der Waals surface area contributed by atoms with Crippen LogP contribution in [0.2, 0.25) is 0 Å². The predicted molar refractivity (Wildman–Crippen MR) is 50.6 cm³/mol. The molecule has 0 aliphatic rings. The molecule has 0 heterocycles. The van der Waals surface area contributed by atoms with Crippen LogP contribution in [0.15, 0.2) is 24.3 Å². The fourth-order valence-corrected chi connectivity index (χ4v) is 0.790. The molecule has 0 unspecified atom stereocenters. The van der Waals surface area contributed by atoms with E-state index in [2.05, 4.69) is 0 Å². The standard InChI is InChI=1S/C8H10N2O.ClH/c9-8(10)7-3-1-6(5-11)2-4-7;/h1-4,11H,5H2,(H3,9,10);1H. The van der Waals surface area contributed by atoms with Crippen molar-refractivity contribution < 1.29 is 5.11 Å². The van der Waals surface area contributed by atoms with Crippen LogP contribution in [0.1, 0.15) is 11.1 Å². The molecule has 0 amide bonds. The summed E-state index contributed by atoms with van der Waals surface area (Å²) in [5, 5.41) is 15.8. The average molecular weight is 187 g/mol. The summed E-state index contributed by atoms with van der Waals surface area (Å²) >= 11 is 0. The Labute approximate surface area is 77.1 Å². The third-order valence-electron chi connectivity index (χ3n) is 1.45. The zero-order valence-corrected chi connectivity index (χ0v) is 7.27. The zero-order valence-electron chi connectivity index (χ0n) is 6.45. The minimum absolute atomic E-state index is 0. The quantitative estimate of drug-likeness (QED) is 0.474. The summed E-state index contributed by atoms with van der Waals surface area (Å²) in [5.74, 6) is 0.0505. The molecule has 0 aliphatic carbocycles. The molecule has 0 saturated carbocycles. The highest BCUT2D eigenvalue weighted by molar-refractivity contribution is 5.94. The lowest BCUT2D eigenvalue weighted by molar-refractivity contribution is 0.282. The van der Waals surface area contributed by atoms with Crippen LogP contribution in [0.25, 0.3) is 0 Å². The maximum absolute atomic E-state index is 8.68. The third-order valence-corrected chi connectivity index (χ3v) is 1.45. The van der Waals surface area contributed by atoms with Crippen LogP contribution in [0.3, 0.4) is 0 Å². The summed E-state index contributed by atoms with van der Waals surface area (Å²) < 4.78 is 0. The van der Waals surface area contributed by atoms with Gasteiger partial charge in [0.2, 0.25) is 0 Å². The zero-order chi connectivity index (χ0) is 8.27. The van der Waals surface area contributed by atoms with E-state index in [0.717, 1.165) is 5.56 Å². The number of rotatable bonds is 2. The summed E-state index contributed by atoms with van der Waals surface area (Å²) in [5.41, 5.74) is 6.74. The average Bonchev–Trinajstić information content (AvgIpc) is 2.05. The van der Waals surface area contributed by atoms with E-state index < -0.39 is 0 Å². The van der Waals surface area contributed by atoms with E-state index in [9.17, 15) is 0 Å². The number of hydrogen-bond acceptors (Lipinski definition) is 2. The molecule has 0 fully saturated rings. The maximum atomic E-state index is 8.68. The number of nitrogen functional groups attached to an aromatic ring is 1. The predicted octanol–water partition coefficient (Wildman–Crippen LogP) is 0.885. The topological polar surface area (TPSA) is 70.1 Å². The number of nitrogens with one attached hydrogen (secondary N) is 1. The fraction of sp³-hybridized carbons (Fsp3) is 0.125. The first-order valence-electron chi connectivity index (χ1n) is 3.28. The van der Waals surface area contributed by atoms with Crippen molar-refractivity contribution in [1.82, 2.24) is 0 Å². The molecule has 0 spiro atoms. The molecule has 0 atom stereocenters. The Hall–Kier alpha value is -1.06. The van der Waals surface area contributed by atoms with Crippen LogP contribution >= 0.6 is 12.4 Å². The smallest absolute Gasteiger partial charge is 0.122 e. The summed E-state index contributed by atoms with van der Waals surface area (Å²) in [6.07, 6.45) is 0. The van der Waals surface area contributed by atoms with Gasteiger partial charge in [-0.3, -0.25) is 5.41 Å². The first-order valence-corrected chi connectivity index (χ1v) is 3.28. The van der Waals surface area contributed by atoms with Gasteiger partial charge in [0.05, 0.1) is 6.61 Å². The van der Waals surface area contributed by atoms with Crippen LogP contribution in [0.4, 0.5) is 0 Å². The van der Waals surface area contributed by atoms with Gasteiger partial charge in [-0.05, 0) is 5.56 Å². The van der Waals surface area contributed by atoms with Crippen molar-refractivity contribution in [3.05, 3.63) is 35.4 Å². The second-order valence-electron chi connectivity index (χ2n) is 2.27. The van der Waals surface area contributed by atoms with E-state index >= 15 is 0 Å². The number of amidine groups is 1. The SMILES string of the molecule is Cl.N=C(N)c1ccc(CO)cc1. The van der Waals surface area contributed by atoms with Gasteiger partial charge in [0.25, 0.3) is 0 Å². The minimum atomic E-state index is 0. The van der Waals surface area contributed by atoms with Crippen LogP contribution in [-0.4, -0.2) is 10.9 Å². The molecule has 1 aromatic rings. The molecular weight excluding hydrogens is 176 g/mol. The molecule has 3 nitrogen and oxygen atoms in total. The molecule has 0 saturated heterocycles. The molecule has 4 N–H and O–H groups in total. The molecule has 1 rings (SSSR count). The molecule has 0 radical (unpaired) electrons. The van der Waals surface area contributed by atoms with Gasteiger partial charge in [0, 0.05) is 5.56 Å². The molecule has 0 aliphatic heterocycles. The molecule has 4 heteroatoms. The Balaban J connectivity index is 0.00000121. The Morgan fingerprint density at radius 2 is 1.83 bits per heavy atom. The maximum Gasteiger partial charge on any atom is 0.122 e. The normalized spacial score (nSPS) is 8.75. The number of aliphatic hydroxyl groups excluding tert-OH is 1. The lowest BCUT2D eigenvalue weighted by Gasteiger charge is -1.98. The molecular formula is C8H11ClN2O. The lowest BCUT2D eigenvalue weighted by Crippen LogP contribution is -2.10. The summed E-state index contributed by atoms with van der Waals surface area (Å²) in [4.78, 5) is 0. The van der Waals surface area contributed by atoms with E-state index in [4.69, 9.17) is 16.2 Å². The highest BCUT2D eigenvalue weighted by Gasteiger charge is 1.94. The fourth-order valence-electron chi connectivity index (χ4n) is 0.790. The molecule has 12 heavy (non-hydrogen) atoms. The van der Waals surface area contributed by atoms with E-state index in [1.165, 1.54) is 0 Å². The number of aliphatic hydroxyl groups is 1. The van der Waals surface area contributed by atoms with Gasteiger partial charge in [0.15, 0.2) is 0 Å². The van der Waals surface area contributed by atoms with Crippen molar-refractivity contribution in [1.29, 1.82) is 5.41 Å². The number of nitrogens with two attached hydrogens (primary N) is 1. The van der Waals surface area contributed by atoms with Crippen molar-refractivity contribution in [2.75, 3.05) is 0 Å². The Bertz CT molecular complexity index is 258. The van der Waals surface area contributed by atoms with Crippen molar-refractivity contribution in [3.63, 3.8) is 0 Å². The largest absolute Gasteiger partial charge is 0.392 e. The molecule has 0 bridgehead atoms. The van der Waals surface area contributed by atoms with Gasteiger partial charge >= 0.3 is 0 Å². The third kappa shape index (κ3) is 2.53. The van der Waals surface area contributed by atoms with Crippen molar-refractivity contribution >= 4 is 18.2 Å². The molecule has 66 valence electrons. The monoisotopic (exact) mass is 186 g/mol. The van der Waals surface area contributed by atoms with Crippen molar-refractivity contribution in [3.8, 4) is 0 Å². The van der Waals surface area contributed by atoms with Crippen LogP contribution in [0, 0.1) is 5.41 Å². The highest BCUT2D eigenvalue weighted by Crippen LogP contribution is 2.02. The minimum Gasteiger partial charge on any atom is -0.392 e. The van der Waals surface area contributed by atoms with Crippen molar-refractivity contribution in [2.45, 2.75) is 6.61 Å². The van der Waals surface area contributed by atoms with E-state index in [-0.39, 0.29) is 24.8 Å². The molecule has 0 aromatic heterocycles. The van der Waals surface area contributed by atoms with Gasteiger partial charge in [0.1, 0.15) is 5.84 Å². The number of hydrogen-bond donors (Lipinski definition) is 3. The van der Waals surface area contributed by atoms with Gasteiger partial charge in [-0.1, -0.05) is 24.3 Å². The van der Waals surface area contributed by atoms with Gasteiger partial charge in [-0.25, -0.2) is 0 Å². The highest BCUT2D eigenvalue weighted by atomic mass is 35.5. The van der Waals surface area contributed by atoms with Crippen LogP contribution in [-0.2, 0) is 6.61 Å². The Kier molecular flexibility index (Phi) is 4.33. The van der Waals surface area contributed by atoms with Gasteiger partial charge < -0.3 is 10.8 Å². The van der Waals surface area contributed by atoms with Gasteiger partial charge in [-0.15, -0.1) is 12.4 Å². The molecule has 1 aromatic carbocycles. The summed E-state index contributed by atoms with van der Waals surface area (Å²) in [6, 6.07) is 6.93. The van der Waals surface area contributed by atoms with Crippen LogP contribution < -0.4 is 5.73 Å². The summed E-state index contributed by atoms with van der Waals surface area (Å²) in [7, 11) is 0. The van der Waals surface area contributed by atoms with E-state index in [1.807, 2.05) is 0 Å². The van der Waals surface area contributed by atoms with E-state index in [1.54, 1.807) is 24.3 Å². The second-order valence-corrected chi connectivity index (χ2v) is 2.27. The summed E-state index contributed by atoms with van der Waals surface area (Å²) in [6.45, 7) is 0.0260. The second kappa shape index (κ2) is 4.74.